The van der Waals surface area contributed by atoms with Crippen LogP contribution in [0.5, 0.6) is 0 Å². The van der Waals surface area contributed by atoms with Crippen LogP contribution in [0.4, 0.5) is 0 Å². The molecule has 4 unspecified atom stereocenters. The zero-order chi connectivity index (χ0) is 41.3. The molecule has 2 heteroatoms. The van der Waals surface area contributed by atoms with Gasteiger partial charge >= 0.3 is 374 Å². The Kier molecular flexibility index (Phi) is 12.4. The zero-order valence-electron chi connectivity index (χ0n) is 37.0. The van der Waals surface area contributed by atoms with Gasteiger partial charge in [0.2, 0.25) is 0 Å². The van der Waals surface area contributed by atoms with E-state index in [9.17, 15) is 0 Å². The van der Waals surface area contributed by atoms with Crippen molar-refractivity contribution >= 4 is 35.4 Å². The van der Waals surface area contributed by atoms with Gasteiger partial charge in [-0.2, -0.15) is 0 Å². The molecule has 0 radical (unpaired) electrons. The van der Waals surface area contributed by atoms with E-state index >= 15 is 0 Å². The average Bonchev–Trinajstić information content (AvgIpc) is 4.00. The van der Waals surface area contributed by atoms with E-state index < -0.39 is 31.0 Å². The molecule has 9 rings (SSSR count). The molecule has 0 N–H and O–H groups in total. The van der Waals surface area contributed by atoms with Crippen molar-refractivity contribution in [2.75, 3.05) is 0 Å². The Balaban J connectivity index is 1.31. The molecule has 0 bridgehead atoms. The van der Waals surface area contributed by atoms with Gasteiger partial charge in [-0.3, -0.25) is 0 Å². The summed E-state index contributed by atoms with van der Waals surface area (Å²) in [6.45, 7) is 14.6. The summed E-state index contributed by atoms with van der Waals surface area (Å²) in [6, 6.07) is 50.6. The number of hydrogen-bond acceptors (Lipinski definition) is 0. The number of allylic oxidation sites excluding steroid dienone is 2. The average molecular weight is 967 g/mol. The van der Waals surface area contributed by atoms with Crippen LogP contribution in [-0.4, -0.2) is 9.52 Å². The Morgan fingerprint density at radius 3 is 1.45 bits per heavy atom. The first-order chi connectivity index (χ1) is 29.5. The molecule has 0 saturated heterocycles. The summed E-state index contributed by atoms with van der Waals surface area (Å²) in [7, 11) is -0.632. The third-order valence-electron chi connectivity index (χ3n) is 14.6. The number of fused-ring (bicyclic) bond motifs is 5. The van der Waals surface area contributed by atoms with Crippen molar-refractivity contribution in [3.05, 3.63) is 172 Å². The quantitative estimate of drug-likeness (QED) is 0.0899. The molecule has 1 aliphatic heterocycles. The fourth-order valence-electron chi connectivity index (χ4n) is 11.0. The molecule has 1 heterocycles. The van der Waals surface area contributed by atoms with E-state index in [0.717, 1.165) is 12.8 Å². The monoisotopic (exact) mass is 967 g/mol. The molecule has 0 amide bonds. The third-order valence-corrected chi connectivity index (χ3v) is 31.0. The van der Waals surface area contributed by atoms with Crippen molar-refractivity contribution in [1.82, 2.24) is 0 Å². The van der Waals surface area contributed by atoms with E-state index in [-0.39, 0.29) is 0 Å². The third kappa shape index (κ3) is 7.38. The first kappa shape index (κ1) is 41.3. The minimum atomic E-state index is -3.20. The Labute approximate surface area is 371 Å². The standard InChI is InChI=1S/2C23H27.C12H9Si.Hf/c2*1-4-6-10-18-11-7-8-13-21(18)22-14-9-12-19-15-20(16-23(19)22)17(3)5-2;1-3-7-11-9(5-1)10-6-2-4-8-12(10)13-11;/h2*7-9,11-17H,4-6,10H2,1-3H3;1-7H,13H2;. The van der Waals surface area contributed by atoms with Gasteiger partial charge in [0.25, 0.3) is 0 Å². The predicted octanol–water partition coefficient (Wildman–Crippen LogP) is 13.4. The fraction of sp³-hybridized carbons (Fsp3) is 0.310. The maximum atomic E-state index is 2.74. The van der Waals surface area contributed by atoms with Crippen LogP contribution in [0.25, 0.3) is 45.5 Å². The molecule has 303 valence electrons. The molecule has 6 aromatic rings. The van der Waals surface area contributed by atoms with Gasteiger partial charge in [-0.15, -0.1) is 0 Å². The van der Waals surface area contributed by atoms with E-state index in [4.69, 9.17) is 0 Å². The van der Waals surface area contributed by atoms with E-state index in [1.54, 1.807) is 38.2 Å². The van der Waals surface area contributed by atoms with Crippen LogP contribution in [-0.2, 0) is 34.3 Å². The summed E-state index contributed by atoms with van der Waals surface area (Å²) in [5.74, 6) is 1.04. The summed E-state index contributed by atoms with van der Waals surface area (Å²) in [6.07, 6.45) is 15.0. The van der Waals surface area contributed by atoms with Crippen molar-refractivity contribution in [2.45, 2.75) is 100 Å². The topological polar surface area (TPSA) is 0 Å². The number of aryl methyl sites for hydroxylation is 2. The first-order valence-electron chi connectivity index (χ1n) is 23.4. The van der Waals surface area contributed by atoms with E-state index in [1.807, 2.05) is 3.32 Å². The van der Waals surface area contributed by atoms with Gasteiger partial charge in [-0.1, -0.05) is 0 Å². The molecular formula is C58H63HfSi. The Hall–Kier alpha value is -4.11. The van der Waals surface area contributed by atoms with Crippen LogP contribution in [0.3, 0.4) is 0 Å². The number of benzene rings is 6. The predicted molar refractivity (Wildman–Crippen MR) is 261 cm³/mol. The molecular weight excluding hydrogens is 903 g/mol. The van der Waals surface area contributed by atoms with Gasteiger partial charge in [0.05, 0.1) is 0 Å². The van der Waals surface area contributed by atoms with Crippen molar-refractivity contribution in [1.29, 1.82) is 0 Å². The van der Waals surface area contributed by atoms with E-state index in [1.165, 1.54) is 88.6 Å². The molecule has 6 aromatic carbocycles. The summed E-state index contributed by atoms with van der Waals surface area (Å²) < 4.78 is 2.79. The van der Waals surface area contributed by atoms with Crippen LogP contribution in [0.15, 0.2) is 139 Å². The minimum absolute atomic E-state index is 0.482. The molecule has 0 saturated carbocycles. The number of rotatable bonds is 15. The summed E-state index contributed by atoms with van der Waals surface area (Å²) >= 11 is -3.20. The molecule has 3 aliphatic rings. The zero-order valence-corrected chi connectivity index (χ0v) is 42.0. The summed E-state index contributed by atoms with van der Waals surface area (Å²) in [5.41, 5.74) is 21.6. The van der Waals surface area contributed by atoms with Crippen LogP contribution in [0, 0.1) is 11.8 Å². The molecule has 0 aromatic heterocycles. The summed E-state index contributed by atoms with van der Waals surface area (Å²) in [4.78, 5) is 0. The van der Waals surface area contributed by atoms with E-state index in [2.05, 4.69) is 181 Å². The van der Waals surface area contributed by atoms with Gasteiger partial charge in [0, 0.05) is 0 Å². The maximum absolute atomic E-state index is 3.20. The van der Waals surface area contributed by atoms with Crippen LogP contribution in [0.2, 0.25) is 0 Å². The summed E-state index contributed by atoms with van der Waals surface area (Å²) in [5, 5.41) is 3.41. The SMILES string of the molecule is CCCCc1ccccc1-c1cccc2c1C=C(C(C)CC)[CH]2[Hf]([c]1cccc2c1[SiH2]c1ccccc1-2)[CH]1C(C(C)CC)=Cc2c(-c3ccccc3CCCC)cccc21. The number of hydrogen-bond donors (Lipinski definition) is 0. The van der Waals surface area contributed by atoms with Crippen LogP contribution >= 0.6 is 0 Å². The molecule has 2 aliphatic carbocycles. The molecule has 0 spiro atoms. The number of unbranched alkanes of at least 4 members (excludes halogenated alkanes) is 2. The second kappa shape index (κ2) is 18.1. The second-order valence-corrected chi connectivity index (χ2v) is 29.2. The molecule has 0 fully saturated rings. The molecule has 0 nitrogen and oxygen atoms in total. The molecule has 60 heavy (non-hydrogen) atoms. The normalized spacial score (nSPS) is 17.4. The van der Waals surface area contributed by atoms with Gasteiger partial charge in [-0.05, 0) is 0 Å². The molecule has 4 atom stereocenters. The van der Waals surface area contributed by atoms with Crippen molar-refractivity contribution in [3.63, 3.8) is 0 Å². The van der Waals surface area contributed by atoms with Gasteiger partial charge < -0.3 is 0 Å². The van der Waals surface area contributed by atoms with Gasteiger partial charge in [0.15, 0.2) is 0 Å². The van der Waals surface area contributed by atoms with E-state index in [0.29, 0.717) is 19.2 Å². The van der Waals surface area contributed by atoms with Crippen molar-refractivity contribution in [2.24, 2.45) is 11.8 Å². The fourth-order valence-corrected chi connectivity index (χ4v) is 31.2. The van der Waals surface area contributed by atoms with Crippen molar-refractivity contribution in [3.8, 4) is 33.4 Å². The first-order valence-corrected chi connectivity index (χ1v) is 30.8. The van der Waals surface area contributed by atoms with Crippen LogP contribution < -0.4 is 13.7 Å². The van der Waals surface area contributed by atoms with Gasteiger partial charge in [0.1, 0.15) is 0 Å². The Morgan fingerprint density at radius 2 is 0.933 bits per heavy atom. The Bertz CT molecular complexity index is 2460. The van der Waals surface area contributed by atoms with Crippen molar-refractivity contribution < 1.29 is 21.4 Å². The second-order valence-electron chi connectivity index (χ2n) is 18.0. The van der Waals surface area contributed by atoms with Crippen LogP contribution in [0.1, 0.15) is 121 Å². The van der Waals surface area contributed by atoms with Gasteiger partial charge in [-0.25, -0.2) is 0 Å². The Morgan fingerprint density at radius 1 is 0.483 bits per heavy atom.